The Morgan fingerprint density at radius 2 is 1.89 bits per heavy atom. The molecule has 1 aromatic carbocycles. The highest BCUT2D eigenvalue weighted by molar-refractivity contribution is 7.10. The van der Waals surface area contributed by atoms with E-state index in [9.17, 15) is 0 Å². The van der Waals surface area contributed by atoms with Crippen LogP contribution in [0.4, 0.5) is 0 Å². The van der Waals surface area contributed by atoms with E-state index in [0.717, 1.165) is 6.42 Å². The molecule has 2 rings (SSSR count). The van der Waals surface area contributed by atoms with Crippen LogP contribution in [0.25, 0.3) is 0 Å². The molecule has 3 heteroatoms. The zero-order valence-corrected chi connectivity index (χ0v) is 12.0. The maximum absolute atomic E-state index is 5.78. The Morgan fingerprint density at radius 3 is 2.44 bits per heavy atom. The molecule has 0 fully saturated rings. The molecule has 1 heterocycles. The summed E-state index contributed by atoms with van der Waals surface area (Å²) in [6.45, 7) is 6.43. The van der Waals surface area contributed by atoms with Gasteiger partial charge in [-0.3, -0.25) is 5.84 Å². The van der Waals surface area contributed by atoms with Gasteiger partial charge in [0.2, 0.25) is 0 Å². The average molecular weight is 260 g/mol. The molecule has 3 N–H and O–H groups in total. The molecule has 0 saturated carbocycles. The van der Waals surface area contributed by atoms with Gasteiger partial charge in [0.15, 0.2) is 0 Å². The lowest BCUT2D eigenvalue weighted by Gasteiger charge is -2.18. The minimum absolute atomic E-state index is 0.0959. The van der Waals surface area contributed by atoms with Crippen molar-refractivity contribution in [3.63, 3.8) is 0 Å². The van der Waals surface area contributed by atoms with Gasteiger partial charge < -0.3 is 0 Å². The second kappa shape index (κ2) is 5.65. The third kappa shape index (κ3) is 2.64. The summed E-state index contributed by atoms with van der Waals surface area (Å²) < 4.78 is 0. The molecular formula is C15H20N2S. The number of benzene rings is 1. The van der Waals surface area contributed by atoms with Gasteiger partial charge in [-0.15, -0.1) is 11.3 Å². The molecule has 0 aliphatic carbocycles. The summed E-state index contributed by atoms with van der Waals surface area (Å²) in [6, 6.07) is 8.88. The first-order valence-corrected chi connectivity index (χ1v) is 7.14. The van der Waals surface area contributed by atoms with Crippen LogP contribution in [-0.4, -0.2) is 0 Å². The van der Waals surface area contributed by atoms with Crippen LogP contribution in [0.15, 0.2) is 29.6 Å². The fourth-order valence-corrected chi connectivity index (χ4v) is 3.48. The lowest BCUT2D eigenvalue weighted by atomic mass is 9.98. The van der Waals surface area contributed by atoms with Crippen LogP contribution < -0.4 is 11.3 Å². The van der Waals surface area contributed by atoms with Gasteiger partial charge in [-0.2, -0.15) is 0 Å². The Balaban J connectivity index is 2.45. The van der Waals surface area contributed by atoms with Crippen LogP contribution in [0.2, 0.25) is 0 Å². The summed E-state index contributed by atoms with van der Waals surface area (Å²) in [4.78, 5) is 1.32. The lowest BCUT2D eigenvalue weighted by Crippen LogP contribution is -2.29. The summed E-state index contributed by atoms with van der Waals surface area (Å²) in [5.74, 6) is 5.78. The predicted octanol–water partition coefficient (Wildman–Crippen LogP) is 3.48. The molecule has 0 aliphatic rings. The van der Waals surface area contributed by atoms with E-state index in [1.165, 1.54) is 27.1 Å². The highest BCUT2D eigenvalue weighted by Gasteiger charge is 2.17. The molecule has 0 spiro atoms. The summed E-state index contributed by atoms with van der Waals surface area (Å²) >= 11 is 1.77. The largest absolute Gasteiger partial charge is 0.271 e. The molecule has 1 unspecified atom stereocenters. The SMILES string of the molecule is CCc1ccsc1C(NN)c1cc(C)cc(C)c1. The molecule has 2 nitrogen and oxygen atoms in total. The van der Waals surface area contributed by atoms with E-state index in [1.54, 1.807) is 11.3 Å². The van der Waals surface area contributed by atoms with Gasteiger partial charge in [-0.1, -0.05) is 36.2 Å². The molecule has 1 aromatic heterocycles. The minimum atomic E-state index is 0.0959. The van der Waals surface area contributed by atoms with E-state index in [4.69, 9.17) is 5.84 Å². The molecule has 0 saturated heterocycles. The zero-order chi connectivity index (χ0) is 13.1. The average Bonchev–Trinajstić information content (AvgIpc) is 2.77. The first-order valence-electron chi connectivity index (χ1n) is 6.26. The van der Waals surface area contributed by atoms with Crippen molar-refractivity contribution < 1.29 is 0 Å². The summed E-state index contributed by atoms with van der Waals surface area (Å²) in [7, 11) is 0. The van der Waals surface area contributed by atoms with Crippen molar-refractivity contribution in [1.29, 1.82) is 0 Å². The Labute approximate surface area is 113 Å². The number of hydrazine groups is 1. The van der Waals surface area contributed by atoms with Crippen molar-refractivity contribution in [2.24, 2.45) is 5.84 Å². The number of aryl methyl sites for hydroxylation is 3. The van der Waals surface area contributed by atoms with E-state index in [1.807, 2.05) is 0 Å². The number of hydrogen-bond donors (Lipinski definition) is 2. The Morgan fingerprint density at radius 1 is 1.22 bits per heavy atom. The van der Waals surface area contributed by atoms with Crippen LogP contribution in [0.1, 0.15) is 40.1 Å². The molecular weight excluding hydrogens is 240 g/mol. The third-order valence-electron chi connectivity index (χ3n) is 3.17. The molecule has 0 radical (unpaired) electrons. The standard InChI is InChI=1S/C15H20N2S/c1-4-12-5-6-18-15(12)14(17-16)13-8-10(2)7-11(3)9-13/h5-9,14,17H,4,16H2,1-3H3. The third-order valence-corrected chi connectivity index (χ3v) is 4.19. The maximum atomic E-state index is 5.78. The number of rotatable bonds is 4. The minimum Gasteiger partial charge on any atom is -0.271 e. The Hall–Kier alpha value is -1.16. The number of nitrogens with two attached hydrogens (primary N) is 1. The molecule has 0 aliphatic heterocycles. The summed E-state index contributed by atoms with van der Waals surface area (Å²) in [5.41, 5.74) is 8.14. The van der Waals surface area contributed by atoms with Crippen LogP contribution in [0, 0.1) is 13.8 Å². The summed E-state index contributed by atoms with van der Waals surface area (Å²) in [5, 5.41) is 2.14. The first-order chi connectivity index (χ1) is 8.65. The molecule has 18 heavy (non-hydrogen) atoms. The quantitative estimate of drug-likeness (QED) is 0.652. The highest BCUT2D eigenvalue weighted by Crippen LogP contribution is 2.30. The van der Waals surface area contributed by atoms with Crippen molar-refractivity contribution in [3.05, 3.63) is 56.8 Å². The van der Waals surface area contributed by atoms with Crippen molar-refractivity contribution >= 4 is 11.3 Å². The van der Waals surface area contributed by atoms with Crippen LogP contribution >= 0.6 is 11.3 Å². The van der Waals surface area contributed by atoms with Gasteiger partial charge in [-0.25, -0.2) is 5.43 Å². The Bertz CT molecular complexity index is 511. The van der Waals surface area contributed by atoms with Gasteiger partial charge in [0, 0.05) is 4.88 Å². The van der Waals surface area contributed by atoms with E-state index >= 15 is 0 Å². The Kier molecular flexibility index (Phi) is 4.17. The fourth-order valence-electron chi connectivity index (χ4n) is 2.39. The van der Waals surface area contributed by atoms with Gasteiger partial charge in [0.1, 0.15) is 0 Å². The number of thiophene rings is 1. The number of hydrogen-bond acceptors (Lipinski definition) is 3. The second-order valence-electron chi connectivity index (χ2n) is 4.68. The monoisotopic (exact) mass is 260 g/mol. The van der Waals surface area contributed by atoms with E-state index in [0.29, 0.717) is 0 Å². The molecule has 0 bridgehead atoms. The van der Waals surface area contributed by atoms with Crippen molar-refractivity contribution in [2.45, 2.75) is 33.2 Å². The van der Waals surface area contributed by atoms with E-state index < -0.39 is 0 Å². The smallest absolute Gasteiger partial charge is 0.0805 e. The highest BCUT2D eigenvalue weighted by atomic mass is 32.1. The van der Waals surface area contributed by atoms with Crippen LogP contribution in [0.5, 0.6) is 0 Å². The predicted molar refractivity (Wildman–Crippen MR) is 78.8 cm³/mol. The fraction of sp³-hybridized carbons (Fsp3) is 0.333. The van der Waals surface area contributed by atoms with Crippen LogP contribution in [0.3, 0.4) is 0 Å². The maximum Gasteiger partial charge on any atom is 0.0805 e. The van der Waals surface area contributed by atoms with Crippen molar-refractivity contribution in [3.8, 4) is 0 Å². The second-order valence-corrected chi connectivity index (χ2v) is 5.63. The topological polar surface area (TPSA) is 38.0 Å². The van der Waals surface area contributed by atoms with E-state index in [-0.39, 0.29) is 6.04 Å². The molecule has 96 valence electrons. The van der Waals surface area contributed by atoms with Gasteiger partial charge in [0.25, 0.3) is 0 Å². The molecule has 1 atom stereocenters. The van der Waals surface area contributed by atoms with Gasteiger partial charge in [0.05, 0.1) is 6.04 Å². The van der Waals surface area contributed by atoms with Gasteiger partial charge in [-0.05, 0) is 42.8 Å². The molecule has 2 aromatic rings. The number of nitrogens with one attached hydrogen (secondary N) is 1. The zero-order valence-electron chi connectivity index (χ0n) is 11.2. The van der Waals surface area contributed by atoms with Crippen molar-refractivity contribution in [2.75, 3.05) is 0 Å². The van der Waals surface area contributed by atoms with Gasteiger partial charge >= 0.3 is 0 Å². The summed E-state index contributed by atoms with van der Waals surface area (Å²) in [6.07, 6.45) is 1.04. The normalized spacial score (nSPS) is 12.7. The lowest BCUT2D eigenvalue weighted by molar-refractivity contribution is 0.641. The van der Waals surface area contributed by atoms with E-state index in [2.05, 4.69) is 55.8 Å². The van der Waals surface area contributed by atoms with Crippen molar-refractivity contribution in [1.82, 2.24) is 5.43 Å². The molecule has 0 amide bonds. The first kappa shape index (κ1) is 13.3. The van der Waals surface area contributed by atoms with Crippen LogP contribution in [-0.2, 0) is 6.42 Å².